The quantitative estimate of drug-likeness (QED) is 0.601. The zero-order valence-electron chi connectivity index (χ0n) is 12.3. The molecule has 1 aromatic heterocycles. The predicted octanol–water partition coefficient (Wildman–Crippen LogP) is 4.14. The number of aromatic nitrogens is 3. The van der Waals surface area contributed by atoms with Gasteiger partial charge in [0.1, 0.15) is 5.82 Å². The summed E-state index contributed by atoms with van der Waals surface area (Å²) in [6.45, 7) is 5.34. The number of alkyl halides is 1. The fourth-order valence-corrected chi connectivity index (χ4v) is 3.83. The molecule has 1 fully saturated rings. The molecule has 0 aliphatic heterocycles. The normalized spacial score (nSPS) is 19.3. The van der Waals surface area contributed by atoms with Gasteiger partial charge in [0, 0.05) is 24.7 Å². The third kappa shape index (κ3) is 3.59. The Morgan fingerprint density at radius 3 is 2.32 bits per heavy atom. The van der Waals surface area contributed by atoms with E-state index >= 15 is 0 Å². The predicted molar refractivity (Wildman–Crippen MR) is 82.7 cm³/mol. The average Bonchev–Trinajstić information content (AvgIpc) is 2.68. The van der Waals surface area contributed by atoms with E-state index in [0.29, 0.717) is 5.41 Å². The summed E-state index contributed by atoms with van der Waals surface area (Å²) in [6, 6.07) is 0. The van der Waals surface area contributed by atoms with Gasteiger partial charge in [0.05, 0.1) is 0 Å². The molecule has 3 nitrogen and oxygen atoms in total. The molecule has 108 valence electrons. The van der Waals surface area contributed by atoms with Crippen molar-refractivity contribution in [3.05, 3.63) is 11.6 Å². The van der Waals surface area contributed by atoms with Gasteiger partial charge in [-0.2, -0.15) is 5.10 Å². The Morgan fingerprint density at radius 2 is 1.79 bits per heavy atom. The third-order valence-corrected chi connectivity index (χ3v) is 5.55. The second-order valence-electron chi connectivity index (χ2n) is 5.86. The van der Waals surface area contributed by atoms with Gasteiger partial charge in [0.15, 0.2) is 5.82 Å². The zero-order valence-corrected chi connectivity index (χ0v) is 13.9. The second kappa shape index (κ2) is 6.87. The van der Waals surface area contributed by atoms with Gasteiger partial charge in [0.2, 0.25) is 0 Å². The molecule has 0 N–H and O–H groups in total. The van der Waals surface area contributed by atoms with Crippen LogP contribution in [0.25, 0.3) is 0 Å². The summed E-state index contributed by atoms with van der Waals surface area (Å²) in [5.74, 6) is 2.15. The smallest absolute Gasteiger partial charge is 0.150 e. The lowest BCUT2D eigenvalue weighted by molar-refractivity contribution is 0.228. The van der Waals surface area contributed by atoms with E-state index in [9.17, 15) is 0 Å². The molecule has 1 heterocycles. The summed E-state index contributed by atoms with van der Waals surface area (Å²) in [7, 11) is 0. The van der Waals surface area contributed by atoms with Crippen molar-refractivity contribution in [2.45, 2.75) is 71.8 Å². The molecule has 2 rings (SSSR count). The van der Waals surface area contributed by atoms with E-state index in [1.54, 1.807) is 0 Å². The van der Waals surface area contributed by atoms with Gasteiger partial charge in [0.25, 0.3) is 0 Å². The van der Waals surface area contributed by atoms with Crippen molar-refractivity contribution in [3.63, 3.8) is 0 Å². The first-order chi connectivity index (χ1) is 9.23. The Balaban J connectivity index is 2.18. The van der Waals surface area contributed by atoms with Crippen LogP contribution < -0.4 is 0 Å². The van der Waals surface area contributed by atoms with Crippen molar-refractivity contribution in [3.8, 4) is 0 Å². The van der Waals surface area contributed by atoms with E-state index in [2.05, 4.69) is 39.4 Å². The van der Waals surface area contributed by atoms with Gasteiger partial charge in [-0.25, -0.2) is 9.67 Å². The Labute approximate surface area is 125 Å². The molecule has 0 amide bonds. The van der Waals surface area contributed by atoms with Crippen molar-refractivity contribution in [2.75, 3.05) is 5.33 Å². The van der Waals surface area contributed by atoms with Crippen molar-refractivity contribution in [2.24, 2.45) is 5.41 Å². The van der Waals surface area contributed by atoms with Crippen LogP contribution in [0.4, 0.5) is 0 Å². The SMILES string of the molecule is CCc1nc(CC)n(CC2(CBr)CCCCCC2)n1. The standard InChI is InChI=1S/C15H26BrN3/c1-3-13-17-14(4-2)19(18-13)12-15(11-16)9-7-5-6-8-10-15/h3-12H2,1-2H3. The number of hydrogen-bond acceptors (Lipinski definition) is 2. The second-order valence-corrected chi connectivity index (χ2v) is 6.42. The highest BCUT2D eigenvalue weighted by atomic mass is 79.9. The molecule has 0 spiro atoms. The molecule has 1 saturated carbocycles. The monoisotopic (exact) mass is 327 g/mol. The van der Waals surface area contributed by atoms with Crippen molar-refractivity contribution >= 4 is 15.9 Å². The first-order valence-corrected chi connectivity index (χ1v) is 8.83. The number of rotatable bonds is 5. The lowest BCUT2D eigenvalue weighted by Gasteiger charge is -2.31. The van der Waals surface area contributed by atoms with Crippen LogP contribution in [0.3, 0.4) is 0 Å². The Kier molecular flexibility index (Phi) is 5.43. The first kappa shape index (κ1) is 15.0. The zero-order chi connectivity index (χ0) is 13.7. The summed E-state index contributed by atoms with van der Waals surface area (Å²) >= 11 is 3.77. The lowest BCUT2D eigenvalue weighted by atomic mass is 9.82. The molecule has 0 atom stereocenters. The summed E-state index contributed by atoms with van der Waals surface area (Å²) in [4.78, 5) is 4.64. The highest BCUT2D eigenvalue weighted by molar-refractivity contribution is 9.09. The van der Waals surface area contributed by atoms with Gasteiger partial charge in [-0.15, -0.1) is 0 Å². The number of nitrogens with zero attached hydrogens (tertiary/aromatic N) is 3. The summed E-state index contributed by atoms with van der Waals surface area (Å²) < 4.78 is 2.19. The number of halogens is 1. The summed E-state index contributed by atoms with van der Waals surface area (Å²) in [6.07, 6.45) is 10.1. The molecule has 1 aliphatic rings. The molecule has 1 aliphatic carbocycles. The van der Waals surface area contributed by atoms with Crippen LogP contribution in [0.1, 0.15) is 64.0 Å². The maximum atomic E-state index is 4.70. The van der Waals surface area contributed by atoms with Crippen LogP contribution in [-0.2, 0) is 19.4 Å². The molecule has 1 aromatic rings. The first-order valence-electron chi connectivity index (χ1n) is 7.71. The minimum absolute atomic E-state index is 0.388. The molecule has 0 saturated heterocycles. The van der Waals surface area contributed by atoms with Gasteiger partial charge in [-0.05, 0) is 18.3 Å². The topological polar surface area (TPSA) is 30.7 Å². The molecule has 0 radical (unpaired) electrons. The van der Waals surface area contributed by atoms with Crippen LogP contribution in [0.2, 0.25) is 0 Å². The Bertz CT molecular complexity index is 392. The van der Waals surface area contributed by atoms with E-state index in [-0.39, 0.29) is 0 Å². The van der Waals surface area contributed by atoms with Crippen LogP contribution >= 0.6 is 15.9 Å². The van der Waals surface area contributed by atoms with Crippen molar-refractivity contribution in [1.82, 2.24) is 14.8 Å². The average molecular weight is 328 g/mol. The Hall–Kier alpha value is -0.380. The molecule has 0 unspecified atom stereocenters. The molecule has 19 heavy (non-hydrogen) atoms. The maximum Gasteiger partial charge on any atom is 0.150 e. The van der Waals surface area contributed by atoms with Gasteiger partial charge in [-0.3, -0.25) is 0 Å². The lowest BCUT2D eigenvalue weighted by Crippen LogP contribution is -2.29. The summed E-state index contributed by atoms with van der Waals surface area (Å²) in [5.41, 5.74) is 0.388. The fraction of sp³-hybridized carbons (Fsp3) is 0.867. The minimum Gasteiger partial charge on any atom is -0.249 e. The largest absolute Gasteiger partial charge is 0.249 e. The van der Waals surface area contributed by atoms with Gasteiger partial charge >= 0.3 is 0 Å². The van der Waals surface area contributed by atoms with E-state index in [4.69, 9.17) is 5.10 Å². The van der Waals surface area contributed by atoms with Crippen LogP contribution in [0.5, 0.6) is 0 Å². The summed E-state index contributed by atoms with van der Waals surface area (Å²) in [5, 5.41) is 5.79. The van der Waals surface area contributed by atoms with Crippen LogP contribution in [0, 0.1) is 5.41 Å². The van der Waals surface area contributed by atoms with Crippen molar-refractivity contribution in [1.29, 1.82) is 0 Å². The highest BCUT2D eigenvalue weighted by Gasteiger charge is 2.31. The highest BCUT2D eigenvalue weighted by Crippen LogP contribution is 2.38. The number of aryl methyl sites for hydroxylation is 2. The molecule has 0 aromatic carbocycles. The molecular weight excluding hydrogens is 302 g/mol. The van der Waals surface area contributed by atoms with Crippen LogP contribution in [-0.4, -0.2) is 20.1 Å². The van der Waals surface area contributed by atoms with Crippen LogP contribution in [0.15, 0.2) is 0 Å². The molecule has 4 heteroatoms. The van der Waals surface area contributed by atoms with E-state index in [0.717, 1.165) is 36.4 Å². The van der Waals surface area contributed by atoms with E-state index in [1.165, 1.54) is 38.5 Å². The minimum atomic E-state index is 0.388. The van der Waals surface area contributed by atoms with E-state index < -0.39 is 0 Å². The molecule has 0 bridgehead atoms. The number of hydrogen-bond donors (Lipinski definition) is 0. The van der Waals surface area contributed by atoms with Gasteiger partial charge < -0.3 is 0 Å². The third-order valence-electron chi connectivity index (χ3n) is 4.36. The van der Waals surface area contributed by atoms with E-state index in [1.807, 2.05) is 0 Å². The Morgan fingerprint density at radius 1 is 1.11 bits per heavy atom. The van der Waals surface area contributed by atoms with Crippen molar-refractivity contribution < 1.29 is 0 Å². The fourth-order valence-electron chi connectivity index (χ4n) is 3.09. The van der Waals surface area contributed by atoms with Gasteiger partial charge in [-0.1, -0.05) is 55.5 Å². The maximum absolute atomic E-state index is 4.70. The molecular formula is C15H26BrN3.